The Morgan fingerprint density at radius 1 is 1.15 bits per heavy atom. The normalized spacial score (nSPS) is 10.6. The maximum atomic E-state index is 11.5. The lowest BCUT2D eigenvalue weighted by atomic mass is 10.2. The van der Waals surface area contributed by atoms with Crippen LogP contribution in [0.25, 0.3) is 0 Å². The molecule has 0 spiro atoms. The minimum atomic E-state index is -0.548. The van der Waals surface area contributed by atoms with Crippen LogP contribution >= 0.6 is 0 Å². The minimum absolute atomic E-state index is 0.157. The molecule has 1 aromatic carbocycles. The van der Waals surface area contributed by atoms with E-state index >= 15 is 0 Å². The van der Waals surface area contributed by atoms with Gasteiger partial charge in [0.15, 0.2) is 6.61 Å². The van der Waals surface area contributed by atoms with Crippen molar-refractivity contribution < 1.29 is 23.8 Å². The van der Waals surface area contributed by atoms with Crippen LogP contribution in [0.1, 0.15) is 20.8 Å². The van der Waals surface area contributed by atoms with Crippen LogP contribution in [-0.4, -0.2) is 31.4 Å². The molecular formula is C14H19NO5. The van der Waals surface area contributed by atoms with Crippen molar-refractivity contribution in [3.8, 4) is 5.75 Å². The number of carbonyl (C=O) groups excluding carboxylic acids is 2. The van der Waals surface area contributed by atoms with Crippen LogP contribution in [0, 0.1) is 0 Å². The molecule has 0 atom stereocenters. The average molecular weight is 281 g/mol. The first kappa shape index (κ1) is 15.8. The monoisotopic (exact) mass is 281 g/mol. The summed E-state index contributed by atoms with van der Waals surface area (Å²) in [6.45, 7) is 5.21. The molecule has 1 rings (SSSR count). The van der Waals surface area contributed by atoms with E-state index in [9.17, 15) is 9.59 Å². The van der Waals surface area contributed by atoms with Crippen LogP contribution in [0.2, 0.25) is 0 Å². The van der Waals surface area contributed by atoms with Gasteiger partial charge in [-0.25, -0.2) is 9.59 Å². The molecule has 0 bridgehead atoms. The van der Waals surface area contributed by atoms with Gasteiger partial charge in [0.25, 0.3) is 0 Å². The molecule has 0 unspecified atom stereocenters. The Balaban J connectivity index is 2.50. The highest BCUT2D eigenvalue weighted by Crippen LogP contribution is 2.17. The molecule has 1 aromatic rings. The first-order valence-electron chi connectivity index (χ1n) is 6.10. The molecule has 1 N–H and O–H groups in total. The number of benzene rings is 1. The van der Waals surface area contributed by atoms with E-state index in [1.165, 1.54) is 7.11 Å². The Kier molecular flexibility index (Phi) is 5.37. The van der Waals surface area contributed by atoms with Crippen LogP contribution in [0.15, 0.2) is 24.3 Å². The third kappa shape index (κ3) is 6.08. The van der Waals surface area contributed by atoms with Gasteiger partial charge in [-0.15, -0.1) is 0 Å². The van der Waals surface area contributed by atoms with E-state index in [0.29, 0.717) is 11.4 Å². The van der Waals surface area contributed by atoms with Crippen LogP contribution in [0.5, 0.6) is 5.75 Å². The zero-order valence-electron chi connectivity index (χ0n) is 12.1. The predicted octanol–water partition coefficient (Wildman–Crippen LogP) is 2.59. The van der Waals surface area contributed by atoms with Gasteiger partial charge in [-0.2, -0.15) is 0 Å². The van der Waals surface area contributed by atoms with E-state index in [1.807, 2.05) is 0 Å². The maximum Gasteiger partial charge on any atom is 0.412 e. The van der Waals surface area contributed by atoms with Crippen molar-refractivity contribution in [2.24, 2.45) is 0 Å². The largest absolute Gasteiger partial charge is 0.482 e. The summed E-state index contributed by atoms with van der Waals surface area (Å²) < 4.78 is 14.8. The molecule has 6 heteroatoms. The smallest absolute Gasteiger partial charge is 0.412 e. The molecule has 0 saturated carbocycles. The third-order valence-electron chi connectivity index (χ3n) is 2.08. The molecule has 0 aromatic heterocycles. The fourth-order valence-electron chi connectivity index (χ4n) is 1.26. The SMILES string of the molecule is COC(=O)COc1ccc(NC(=O)OC(C)(C)C)cc1. The summed E-state index contributed by atoms with van der Waals surface area (Å²) in [5.74, 6) is 0.0473. The van der Waals surface area contributed by atoms with Gasteiger partial charge in [0.2, 0.25) is 0 Å². The maximum absolute atomic E-state index is 11.5. The van der Waals surface area contributed by atoms with Crippen molar-refractivity contribution >= 4 is 17.7 Å². The predicted molar refractivity (Wildman–Crippen MR) is 73.8 cm³/mol. The van der Waals surface area contributed by atoms with E-state index in [0.717, 1.165) is 0 Å². The van der Waals surface area contributed by atoms with Gasteiger partial charge < -0.3 is 14.2 Å². The highest BCUT2D eigenvalue weighted by atomic mass is 16.6. The molecular weight excluding hydrogens is 262 g/mol. The summed E-state index contributed by atoms with van der Waals surface area (Å²) in [5, 5.41) is 2.59. The third-order valence-corrected chi connectivity index (χ3v) is 2.08. The first-order chi connectivity index (χ1) is 9.30. The number of nitrogens with one attached hydrogen (secondary N) is 1. The second-order valence-electron chi connectivity index (χ2n) is 5.02. The summed E-state index contributed by atoms with van der Waals surface area (Å²) in [5.41, 5.74) is 0.0258. The van der Waals surface area contributed by atoms with Gasteiger partial charge in [-0.1, -0.05) is 0 Å². The molecule has 0 fully saturated rings. The van der Waals surface area contributed by atoms with Gasteiger partial charge in [-0.3, -0.25) is 5.32 Å². The number of carbonyl (C=O) groups is 2. The Morgan fingerprint density at radius 2 is 1.75 bits per heavy atom. The lowest BCUT2D eigenvalue weighted by Gasteiger charge is -2.19. The Bertz CT molecular complexity index is 461. The highest BCUT2D eigenvalue weighted by Gasteiger charge is 2.16. The van der Waals surface area contributed by atoms with Crippen LogP contribution < -0.4 is 10.1 Å². The summed E-state index contributed by atoms with van der Waals surface area (Å²) in [4.78, 5) is 22.5. The van der Waals surface area contributed by atoms with Crippen molar-refractivity contribution in [2.75, 3.05) is 19.0 Å². The van der Waals surface area contributed by atoms with E-state index in [-0.39, 0.29) is 6.61 Å². The molecule has 110 valence electrons. The summed E-state index contributed by atoms with van der Waals surface area (Å²) in [6.07, 6.45) is -0.527. The molecule has 0 heterocycles. The fraction of sp³-hybridized carbons (Fsp3) is 0.429. The standard InChI is InChI=1S/C14H19NO5/c1-14(2,3)20-13(17)15-10-5-7-11(8-6-10)19-9-12(16)18-4/h5-8H,9H2,1-4H3,(H,15,17). The molecule has 6 nitrogen and oxygen atoms in total. The summed E-state index contributed by atoms with van der Waals surface area (Å²) >= 11 is 0. The molecule has 0 aliphatic carbocycles. The Labute approximate surface area is 118 Å². The number of anilines is 1. The lowest BCUT2D eigenvalue weighted by Crippen LogP contribution is -2.27. The van der Waals surface area contributed by atoms with Gasteiger partial charge in [0, 0.05) is 5.69 Å². The number of ether oxygens (including phenoxy) is 3. The molecule has 0 aliphatic heterocycles. The quantitative estimate of drug-likeness (QED) is 0.859. The van der Waals surface area contributed by atoms with Crippen LogP contribution in [0.3, 0.4) is 0 Å². The molecule has 0 aliphatic rings. The van der Waals surface area contributed by atoms with E-state index in [2.05, 4.69) is 10.1 Å². The van der Waals surface area contributed by atoms with Gasteiger partial charge in [0.05, 0.1) is 7.11 Å². The highest BCUT2D eigenvalue weighted by molar-refractivity contribution is 5.84. The number of esters is 1. The second kappa shape index (κ2) is 6.79. The van der Waals surface area contributed by atoms with Gasteiger partial charge in [0.1, 0.15) is 11.4 Å². The number of hydrogen-bond acceptors (Lipinski definition) is 5. The fourth-order valence-corrected chi connectivity index (χ4v) is 1.26. The van der Waals surface area contributed by atoms with Gasteiger partial charge in [-0.05, 0) is 45.0 Å². The van der Waals surface area contributed by atoms with Crippen LogP contribution in [-0.2, 0) is 14.3 Å². The number of amides is 1. The minimum Gasteiger partial charge on any atom is -0.482 e. The molecule has 1 amide bonds. The second-order valence-corrected chi connectivity index (χ2v) is 5.02. The molecule has 0 saturated heterocycles. The topological polar surface area (TPSA) is 73.9 Å². The van der Waals surface area contributed by atoms with Crippen molar-refractivity contribution in [1.29, 1.82) is 0 Å². The van der Waals surface area contributed by atoms with Crippen molar-refractivity contribution in [3.63, 3.8) is 0 Å². The Morgan fingerprint density at radius 3 is 2.25 bits per heavy atom. The van der Waals surface area contributed by atoms with Crippen molar-refractivity contribution in [3.05, 3.63) is 24.3 Å². The molecule has 20 heavy (non-hydrogen) atoms. The zero-order chi connectivity index (χ0) is 15.2. The molecule has 0 radical (unpaired) electrons. The van der Waals surface area contributed by atoms with Crippen molar-refractivity contribution in [1.82, 2.24) is 0 Å². The van der Waals surface area contributed by atoms with Crippen LogP contribution in [0.4, 0.5) is 10.5 Å². The average Bonchev–Trinajstić information content (AvgIpc) is 2.35. The number of hydrogen-bond donors (Lipinski definition) is 1. The first-order valence-corrected chi connectivity index (χ1v) is 6.10. The number of methoxy groups -OCH3 is 1. The van der Waals surface area contributed by atoms with Gasteiger partial charge >= 0.3 is 12.1 Å². The Hall–Kier alpha value is -2.24. The summed E-state index contributed by atoms with van der Waals surface area (Å²) in [6, 6.07) is 6.57. The van der Waals surface area contributed by atoms with E-state index < -0.39 is 17.7 Å². The van der Waals surface area contributed by atoms with E-state index in [4.69, 9.17) is 9.47 Å². The van der Waals surface area contributed by atoms with E-state index in [1.54, 1.807) is 45.0 Å². The number of rotatable bonds is 4. The lowest BCUT2D eigenvalue weighted by molar-refractivity contribution is -0.142. The van der Waals surface area contributed by atoms with Crippen molar-refractivity contribution in [2.45, 2.75) is 26.4 Å². The zero-order valence-corrected chi connectivity index (χ0v) is 12.1. The summed E-state index contributed by atoms with van der Waals surface area (Å²) in [7, 11) is 1.29.